The number of aryl methyl sites for hydroxylation is 1. The molecule has 0 amide bonds. The lowest BCUT2D eigenvalue weighted by atomic mass is 10.00. The fourth-order valence-electron chi connectivity index (χ4n) is 1.53. The molecule has 76 valence electrons. The van der Waals surface area contributed by atoms with E-state index in [1.54, 1.807) is 0 Å². The maximum Gasteiger partial charge on any atom is 0.0906 e. The van der Waals surface area contributed by atoms with Gasteiger partial charge in [-0.05, 0) is 31.5 Å². The first-order chi connectivity index (χ1) is 6.68. The average molecular weight is 192 g/mol. The molecule has 1 fully saturated rings. The molecule has 0 bridgehead atoms. The van der Waals surface area contributed by atoms with Crippen LogP contribution in [0.25, 0.3) is 0 Å². The minimum atomic E-state index is 0.0389. The van der Waals surface area contributed by atoms with Gasteiger partial charge in [0.15, 0.2) is 0 Å². The molecule has 0 spiro atoms. The van der Waals surface area contributed by atoms with Gasteiger partial charge < -0.3 is 10.1 Å². The summed E-state index contributed by atoms with van der Waals surface area (Å²) < 4.78 is 5.82. The first kappa shape index (κ1) is 9.62. The van der Waals surface area contributed by atoms with Crippen molar-refractivity contribution in [2.24, 2.45) is 0 Å². The molecule has 2 heterocycles. The predicted molar refractivity (Wildman–Crippen MR) is 55.0 cm³/mol. The van der Waals surface area contributed by atoms with E-state index in [1.165, 1.54) is 5.56 Å². The molecule has 1 aliphatic heterocycles. The molecule has 14 heavy (non-hydrogen) atoms. The van der Waals surface area contributed by atoms with E-state index in [-0.39, 0.29) is 5.60 Å². The Bertz CT molecular complexity index is 321. The van der Waals surface area contributed by atoms with E-state index in [0.717, 1.165) is 18.8 Å². The molecule has 1 aromatic rings. The van der Waals surface area contributed by atoms with E-state index in [2.05, 4.69) is 23.3 Å². The van der Waals surface area contributed by atoms with Crippen LogP contribution in [0.1, 0.15) is 18.2 Å². The van der Waals surface area contributed by atoms with Crippen LogP contribution < -0.4 is 5.32 Å². The third kappa shape index (κ3) is 2.11. The maximum atomic E-state index is 5.82. The second-order valence-corrected chi connectivity index (χ2v) is 4.15. The van der Waals surface area contributed by atoms with Crippen molar-refractivity contribution in [1.82, 2.24) is 10.3 Å². The Kier molecular flexibility index (Phi) is 2.52. The molecule has 2 rings (SSSR count). The maximum absolute atomic E-state index is 5.82. The van der Waals surface area contributed by atoms with E-state index in [4.69, 9.17) is 4.74 Å². The van der Waals surface area contributed by atoms with Crippen LogP contribution in [0.5, 0.6) is 0 Å². The van der Waals surface area contributed by atoms with Gasteiger partial charge in [0.2, 0.25) is 0 Å². The van der Waals surface area contributed by atoms with E-state index in [9.17, 15) is 0 Å². The topological polar surface area (TPSA) is 34.1 Å². The lowest BCUT2D eigenvalue weighted by Gasteiger charge is -2.39. The Morgan fingerprint density at radius 1 is 1.57 bits per heavy atom. The molecule has 1 aliphatic rings. The second-order valence-electron chi connectivity index (χ2n) is 4.15. The first-order valence-corrected chi connectivity index (χ1v) is 4.94. The highest BCUT2D eigenvalue weighted by Crippen LogP contribution is 2.17. The lowest BCUT2D eigenvalue weighted by molar-refractivity contribution is -0.0767. The number of hydrogen-bond donors (Lipinski definition) is 1. The molecule has 1 saturated heterocycles. The Morgan fingerprint density at radius 2 is 2.36 bits per heavy atom. The van der Waals surface area contributed by atoms with Crippen molar-refractivity contribution in [1.29, 1.82) is 0 Å². The van der Waals surface area contributed by atoms with E-state index in [0.29, 0.717) is 6.61 Å². The lowest BCUT2D eigenvalue weighted by Crippen LogP contribution is -2.58. The summed E-state index contributed by atoms with van der Waals surface area (Å²) >= 11 is 0. The zero-order chi connectivity index (χ0) is 10.0. The zero-order valence-electron chi connectivity index (χ0n) is 8.71. The summed E-state index contributed by atoms with van der Waals surface area (Å²) in [6.45, 7) is 6.73. The number of ether oxygens (including phenoxy) is 1. The van der Waals surface area contributed by atoms with E-state index >= 15 is 0 Å². The van der Waals surface area contributed by atoms with Gasteiger partial charge in [-0.15, -0.1) is 0 Å². The molecule has 0 aromatic carbocycles. The van der Waals surface area contributed by atoms with Crippen molar-refractivity contribution in [3.63, 3.8) is 0 Å². The fraction of sp³-hybridized carbons (Fsp3) is 0.545. The number of nitrogens with zero attached hydrogens (tertiary/aromatic N) is 1. The van der Waals surface area contributed by atoms with Crippen LogP contribution in [0.2, 0.25) is 0 Å². The standard InChI is InChI=1S/C11H16N2O/c1-9-5-10(3-4-13-9)6-14-11(2)7-12-8-11/h3-5,12H,6-8H2,1-2H3. The molecule has 0 radical (unpaired) electrons. The summed E-state index contributed by atoms with van der Waals surface area (Å²) in [7, 11) is 0. The molecule has 0 aliphatic carbocycles. The SMILES string of the molecule is Cc1cc(COC2(C)CNC2)ccn1. The van der Waals surface area contributed by atoms with Gasteiger partial charge in [0.1, 0.15) is 0 Å². The van der Waals surface area contributed by atoms with Crippen molar-refractivity contribution in [3.05, 3.63) is 29.6 Å². The van der Waals surface area contributed by atoms with Crippen molar-refractivity contribution in [3.8, 4) is 0 Å². The smallest absolute Gasteiger partial charge is 0.0906 e. The molecular formula is C11H16N2O. The van der Waals surface area contributed by atoms with Crippen molar-refractivity contribution < 1.29 is 4.74 Å². The van der Waals surface area contributed by atoms with Gasteiger partial charge in [-0.2, -0.15) is 0 Å². The Morgan fingerprint density at radius 3 is 2.93 bits per heavy atom. The third-order valence-electron chi connectivity index (χ3n) is 2.55. The van der Waals surface area contributed by atoms with Crippen LogP contribution in [0, 0.1) is 6.92 Å². The molecule has 1 N–H and O–H groups in total. The Labute approximate surface area is 84.5 Å². The van der Waals surface area contributed by atoms with Crippen LogP contribution in [0.3, 0.4) is 0 Å². The van der Waals surface area contributed by atoms with Gasteiger partial charge in [-0.3, -0.25) is 4.98 Å². The van der Waals surface area contributed by atoms with Crippen molar-refractivity contribution >= 4 is 0 Å². The highest BCUT2D eigenvalue weighted by atomic mass is 16.5. The quantitative estimate of drug-likeness (QED) is 0.783. The van der Waals surface area contributed by atoms with Crippen molar-refractivity contribution in [2.45, 2.75) is 26.1 Å². The summed E-state index contributed by atoms with van der Waals surface area (Å²) in [5, 5.41) is 3.21. The highest BCUT2D eigenvalue weighted by molar-refractivity contribution is 5.14. The van der Waals surface area contributed by atoms with Crippen LogP contribution >= 0.6 is 0 Å². The van der Waals surface area contributed by atoms with Crippen LogP contribution in [0.15, 0.2) is 18.3 Å². The monoisotopic (exact) mass is 192 g/mol. The largest absolute Gasteiger partial charge is 0.368 e. The second kappa shape index (κ2) is 3.67. The first-order valence-electron chi connectivity index (χ1n) is 4.94. The Balaban J connectivity index is 1.91. The number of aromatic nitrogens is 1. The van der Waals surface area contributed by atoms with Crippen LogP contribution in [-0.2, 0) is 11.3 Å². The number of pyridine rings is 1. The van der Waals surface area contributed by atoms with Gasteiger partial charge in [-0.1, -0.05) is 0 Å². The van der Waals surface area contributed by atoms with Gasteiger partial charge in [0.25, 0.3) is 0 Å². The summed E-state index contributed by atoms with van der Waals surface area (Å²) in [4.78, 5) is 4.15. The minimum Gasteiger partial charge on any atom is -0.368 e. The average Bonchev–Trinajstić information content (AvgIpc) is 2.12. The number of rotatable bonds is 3. The van der Waals surface area contributed by atoms with Gasteiger partial charge >= 0.3 is 0 Å². The third-order valence-corrected chi connectivity index (χ3v) is 2.55. The van der Waals surface area contributed by atoms with E-state index in [1.807, 2.05) is 19.2 Å². The summed E-state index contributed by atoms with van der Waals surface area (Å²) in [5.74, 6) is 0. The molecule has 3 nitrogen and oxygen atoms in total. The molecular weight excluding hydrogens is 176 g/mol. The predicted octanol–water partition coefficient (Wildman–Crippen LogP) is 1.27. The van der Waals surface area contributed by atoms with Gasteiger partial charge in [0, 0.05) is 25.0 Å². The van der Waals surface area contributed by atoms with Gasteiger partial charge in [0.05, 0.1) is 12.2 Å². The number of nitrogens with one attached hydrogen (secondary N) is 1. The molecule has 3 heteroatoms. The molecule has 0 atom stereocenters. The van der Waals surface area contributed by atoms with Gasteiger partial charge in [-0.25, -0.2) is 0 Å². The number of hydrogen-bond acceptors (Lipinski definition) is 3. The normalized spacial score (nSPS) is 19.0. The van der Waals surface area contributed by atoms with E-state index < -0.39 is 0 Å². The summed E-state index contributed by atoms with van der Waals surface area (Å²) in [6, 6.07) is 4.07. The zero-order valence-corrected chi connectivity index (χ0v) is 8.71. The Hall–Kier alpha value is -0.930. The van der Waals surface area contributed by atoms with Crippen molar-refractivity contribution in [2.75, 3.05) is 13.1 Å². The fourth-order valence-corrected chi connectivity index (χ4v) is 1.53. The highest BCUT2D eigenvalue weighted by Gasteiger charge is 2.32. The van der Waals surface area contributed by atoms with Crippen LogP contribution in [-0.4, -0.2) is 23.7 Å². The van der Waals surface area contributed by atoms with Crippen LogP contribution in [0.4, 0.5) is 0 Å². The summed E-state index contributed by atoms with van der Waals surface area (Å²) in [5.41, 5.74) is 2.28. The molecule has 0 saturated carbocycles. The molecule has 1 aromatic heterocycles. The molecule has 0 unspecified atom stereocenters. The summed E-state index contributed by atoms with van der Waals surface area (Å²) in [6.07, 6.45) is 1.83. The minimum absolute atomic E-state index is 0.0389.